The molecule has 0 heterocycles. The van der Waals surface area contributed by atoms with Gasteiger partial charge in [0.2, 0.25) is 0 Å². The first-order valence-electron chi connectivity index (χ1n) is 5.10. The normalized spacial score (nSPS) is 20.4. The van der Waals surface area contributed by atoms with Gasteiger partial charge in [0.15, 0.2) is 0 Å². The maximum Gasteiger partial charge on any atom is -0.0234 e. The van der Waals surface area contributed by atoms with Gasteiger partial charge >= 0.3 is 0 Å². The van der Waals surface area contributed by atoms with E-state index in [1.54, 1.807) is 0 Å². The van der Waals surface area contributed by atoms with Gasteiger partial charge in [-0.2, -0.15) is 0 Å². The summed E-state index contributed by atoms with van der Waals surface area (Å²) >= 11 is 0. The van der Waals surface area contributed by atoms with Gasteiger partial charge < -0.3 is 5.48 Å². The maximum atomic E-state index is 2.44. The van der Waals surface area contributed by atoms with E-state index in [1.807, 2.05) is 0 Å². The molecule has 1 rings (SSSR count). The number of allylic oxidation sites excluding steroid dienone is 2. The van der Waals surface area contributed by atoms with Crippen molar-refractivity contribution in [1.82, 2.24) is 0 Å². The molecule has 1 heteroatoms. The molecular weight excluding hydrogens is 148 g/mol. The average Bonchev–Trinajstić information content (AvgIpc) is 2.28. The highest BCUT2D eigenvalue weighted by molar-refractivity contribution is 4.88. The van der Waals surface area contributed by atoms with Crippen LogP contribution in [0.2, 0.25) is 0 Å². The summed E-state index contributed by atoms with van der Waals surface area (Å²) in [5.41, 5.74) is 0. The summed E-state index contributed by atoms with van der Waals surface area (Å²) in [6.45, 7) is 2.22. The topological polar surface area (TPSA) is 31.5 Å². The van der Waals surface area contributed by atoms with E-state index in [-0.39, 0.29) is 5.48 Å². The second-order valence-electron chi connectivity index (χ2n) is 3.59. The molecule has 0 saturated heterocycles. The minimum Gasteiger partial charge on any atom is -0.412 e. The zero-order valence-electron chi connectivity index (χ0n) is 8.18. The molecule has 1 aliphatic carbocycles. The monoisotopic (exact) mass is 170 g/mol. The Balaban J connectivity index is 0.00000121. The Kier molecular flexibility index (Phi) is 7.17. The van der Waals surface area contributed by atoms with Gasteiger partial charge in [-0.25, -0.2) is 0 Å². The quantitative estimate of drug-likeness (QED) is 0.450. The fourth-order valence-corrected chi connectivity index (χ4v) is 1.83. The van der Waals surface area contributed by atoms with Gasteiger partial charge in [-0.05, 0) is 25.2 Å². The zero-order chi connectivity index (χ0) is 7.94. The molecule has 12 heavy (non-hydrogen) atoms. The van der Waals surface area contributed by atoms with Crippen LogP contribution in [0.4, 0.5) is 0 Å². The number of hydrogen-bond acceptors (Lipinski definition) is 0. The Morgan fingerprint density at radius 1 is 1.08 bits per heavy atom. The molecule has 0 bridgehead atoms. The van der Waals surface area contributed by atoms with Crippen LogP contribution in [0.1, 0.15) is 51.9 Å². The molecule has 1 saturated carbocycles. The van der Waals surface area contributed by atoms with E-state index in [1.165, 1.54) is 44.9 Å². The van der Waals surface area contributed by atoms with Crippen molar-refractivity contribution >= 4 is 0 Å². The molecule has 0 aliphatic heterocycles. The van der Waals surface area contributed by atoms with E-state index in [9.17, 15) is 0 Å². The summed E-state index contributed by atoms with van der Waals surface area (Å²) in [5, 5.41) is 0. The summed E-state index contributed by atoms with van der Waals surface area (Å²) in [6.07, 6.45) is 14.7. The summed E-state index contributed by atoms with van der Waals surface area (Å²) in [5.74, 6) is 0.914. The fraction of sp³-hybridized carbons (Fsp3) is 0.818. The van der Waals surface area contributed by atoms with Gasteiger partial charge in [0.1, 0.15) is 0 Å². The van der Waals surface area contributed by atoms with Crippen LogP contribution in [0.15, 0.2) is 12.2 Å². The Hall–Kier alpha value is -0.300. The molecule has 1 nitrogen and oxygen atoms in total. The number of hydrogen-bond donors (Lipinski definition) is 0. The first kappa shape index (κ1) is 11.7. The Morgan fingerprint density at radius 3 is 2.17 bits per heavy atom. The summed E-state index contributed by atoms with van der Waals surface area (Å²) in [6, 6.07) is 0. The third kappa shape index (κ3) is 4.55. The summed E-state index contributed by atoms with van der Waals surface area (Å²) in [4.78, 5) is 0. The molecule has 0 aromatic heterocycles. The van der Waals surface area contributed by atoms with Crippen LogP contribution in [0.25, 0.3) is 0 Å². The molecule has 0 spiro atoms. The maximum absolute atomic E-state index is 2.44. The van der Waals surface area contributed by atoms with Crippen molar-refractivity contribution in [1.29, 1.82) is 0 Å². The van der Waals surface area contributed by atoms with Crippen LogP contribution in [0.5, 0.6) is 0 Å². The predicted molar refractivity (Wildman–Crippen MR) is 54.2 cm³/mol. The van der Waals surface area contributed by atoms with E-state index in [2.05, 4.69) is 19.1 Å². The molecule has 1 aliphatic rings. The van der Waals surface area contributed by atoms with Crippen molar-refractivity contribution in [3.8, 4) is 0 Å². The third-order valence-corrected chi connectivity index (χ3v) is 2.54. The third-order valence-electron chi connectivity index (χ3n) is 2.54. The predicted octanol–water partition coefficient (Wildman–Crippen LogP) is 3.10. The van der Waals surface area contributed by atoms with Crippen molar-refractivity contribution in [2.45, 2.75) is 51.9 Å². The number of rotatable bonds is 2. The van der Waals surface area contributed by atoms with Crippen molar-refractivity contribution in [3.63, 3.8) is 0 Å². The first-order valence-corrected chi connectivity index (χ1v) is 5.10. The smallest absolute Gasteiger partial charge is 0.0234 e. The molecule has 0 atom stereocenters. The molecule has 72 valence electrons. The first-order chi connectivity index (χ1) is 5.43. The second-order valence-corrected chi connectivity index (χ2v) is 3.59. The minimum absolute atomic E-state index is 0. The molecule has 0 aromatic rings. The van der Waals surface area contributed by atoms with Crippen LogP contribution >= 0.6 is 0 Å². The highest BCUT2D eigenvalue weighted by Crippen LogP contribution is 2.23. The Bertz CT molecular complexity index is 110. The molecule has 0 radical (unpaired) electrons. The lowest BCUT2D eigenvalue weighted by atomic mass is 10.00. The van der Waals surface area contributed by atoms with Crippen LogP contribution in [0, 0.1) is 5.92 Å². The highest BCUT2D eigenvalue weighted by atomic mass is 16.0. The standard InChI is InChI=1S/C11H20.H2O/c1-2-3-8-11-9-6-4-5-7-10-11;/h3,8,11H,2,4-7,9-10H2,1H3;1H2/b8-3+;. The van der Waals surface area contributed by atoms with Gasteiger partial charge in [-0.15, -0.1) is 0 Å². The minimum atomic E-state index is 0. The van der Waals surface area contributed by atoms with Crippen molar-refractivity contribution in [2.24, 2.45) is 5.92 Å². The Labute approximate surface area is 76.2 Å². The van der Waals surface area contributed by atoms with Crippen LogP contribution in [-0.4, -0.2) is 5.48 Å². The fourth-order valence-electron chi connectivity index (χ4n) is 1.83. The lowest BCUT2D eigenvalue weighted by Crippen LogP contribution is -1.92. The molecule has 0 aromatic carbocycles. The van der Waals surface area contributed by atoms with Crippen LogP contribution < -0.4 is 0 Å². The summed E-state index contributed by atoms with van der Waals surface area (Å²) < 4.78 is 0. The zero-order valence-corrected chi connectivity index (χ0v) is 8.18. The van der Waals surface area contributed by atoms with Crippen molar-refractivity contribution in [3.05, 3.63) is 12.2 Å². The van der Waals surface area contributed by atoms with Gasteiger partial charge in [0.05, 0.1) is 0 Å². The van der Waals surface area contributed by atoms with Crippen molar-refractivity contribution < 1.29 is 5.48 Å². The lowest BCUT2D eigenvalue weighted by Gasteiger charge is -2.06. The largest absolute Gasteiger partial charge is 0.412 e. The second kappa shape index (κ2) is 7.35. The molecule has 2 N–H and O–H groups in total. The van der Waals surface area contributed by atoms with Gasteiger partial charge in [0.25, 0.3) is 0 Å². The highest BCUT2D eigenvalue weighted by Gasteiger charge is 2.07. The van der Waals surface area contributed by atoms with Crippen LogP contribution in [0.3, 0.4) is 0 Å². The van der Waals surface area contributed by atoms with Crippen molar-refractivity contribution in [2.75, 3.05) is 0 Å². The van der Waals surface area contributed by atoms with E-state index in [0.717, 1.165) is 5.92 Å². The van der Waals surface area contributed by atoms with E-state index >= 15 is 0 Å². The van der Waals surface area contributed by atoms with Gasteiger partial charge in [-0.1, -0.05) is 44.8 Å². The molecule has 0 unspecified atom stereocenters. The molecule has 0 amide bonds. The lowest BCUT2D eigenvalue weighted by molar-refractivity contribution is 0.558. The van der Waals surface area contributed by atoms with Crippen LogP contribution in [-0.2, 0) is 0 Å². The van der Waals surface area contributed by atoms with Gasteiger partial charge in [-0.3, -0.25) is 0 Å². The molecule has 1 fully saturated rings. The van der Waals surface area contributed by atoms with E-state index < -0.39 is 0 Å². The van der Waals surface area contributed by atoms with E-state index in [0.29, 0.717) is 0 Å². The average molecular weight is 170 g/mol. The summed E-state index contributed by atoms with van der Waals surface area (Å²) in [7, 11) is 0. The Morgan fingerprint density at radius 2 is 1.67 bits per heavy atom. The van der Waals surface area contributed by atoms with E-state index in [4.69, 9.17) is 0 Å². The van der Waals surface area contributed by atoms with Gasteiger partial charge in [0, 0.05) is 0 Å². The SMILES string of the molecule is CC/C=C/C1CCCCCC1.O. The molecular formula is C11H22O.